The summed E-state index contributed by atoms with van der Waals surface area (Å²) in [4.78, 5) is 10.7. The van der Waals surface area contributed by atoms with Gasteiger partial charge in [-0.2, -0.15) is 0 Å². The van der Waals surface area contributed by atoms with Gasteiger partial charge in [0.15, 0.2) is 0 Å². The number of nitrogens with one attached hydrogen (secondary N) is 1. The second-order valence-electron chi connectivity index (χ2n) is 2.14. The third-order valence-corrected chi connectivity index (χ3v) is 1.94. The molecule has 0 aliphatic heterocycles. The molecule has 1 amide bonds. The van der Waals surface area contributed by atoms with E-state index in [1.165, 1.54) is 0 Å². The second kappa shape index (κ2) is 6.08. The quantitative estimate of drug-likeness (QED) is 0.518. The Morgan fingerprint density at radius 2 is 2.40 bits per heavy atom. The van der Waals surface area contributed by atoms with Crippen LogP contribution in [0.4, 0.5) is 0 Å². The molecule has 0 rings (SSSR count). The van der Waals surface area contributed by atoms with Crippen LogP contribution in [0.25, 0.3) is 0 Å². The number of thiol groups is 1. The Hall–Kier alpha value is 0.339. The van der Waals surface area contributed by atoms with Crippen molar-refractivity contribution in [2.75, 3.05) is 5.75 Å². The molecule has 1 atom stereocenters. The zero-order chi connectivity index (χ0) is 7.98. The summed E-state index contributed by atoms with van der Waals surface area (Å²) in [5, 5.41) is 3.85. The van der Waals surface area contributed by atoms with E-state index in [4.69, 9.17) is 0 Å². The Kier molecular flexibility index (Phi) is 6.28. The van der Waals surface area contributed by atoms with Crippen molar-refractivity contribution in [2.24, 2.45) is 0 Å². The molecule has 1 unspecified atom stereocenters. The molecule has 0 bridgehead atoms. The molecule has 0 spiro atoms. The third kappa shape index (κ3) is 5.15. The molecule has 0 fully saturated rings. The zero-order valence-electron chi connectivity index (χ0n) is 6.00. The van der Waals surface area contributed by atoms with Gasteiger partial charge in [-0.1, -0.05) is 0 Å². The number of carbonyl (C=O) groups excluding carboxylic acids is 1. The van der Waals surface area contributed by atoms with Gasteiger partial charge < -0.3 is 0 Å². The fraction of sp³-hybridized carbons (Fsp3) is 0.833. The van der Waals surface area contributed by atoms with Gasteiger partial charge in [0.25, 0.3) is 0 Å². The molecule has 0 aromatic carbocycles. The first-order valence-electron chi connectivity index (χ1n) is 3.21. The summed E-state index contributed by atoms with van der Waals surface area (Å²) in [5.74, 6) is 0.292. The molecule has 10 heavy (non-hydrogen) atoms. The third-order valence-electron chi connectivity index (χ3n) is 1.11. The number of hydrogen-bond donors (Lipinski definition) is 2. The van der Waals surface area contributed by atoms with E-state index in [1.807, 2.05) is 6.92 Å². The van der Waals surface area contributed by atoms with Crippen LogP contribution in [-0.4, -0.2) is 33.7 Å². The van der Waals surface area contributed by atoms with E-state index >= 15 is 0 Å². The van der Waals surface area contributed by atoms with Gasteiger partial charge in [-0.25, -0.2) is 0 Å². The van der Waals surface area contributed by atoms with Crippen molar-refractivity contribution in [3.05, 3.63) is 0 Å². The average Bonchev–Trinajstić information content (AvgIpc) is 1.88. The number of carbonyl (C=O) groups is 1. The molecule has 1 N–H and O–H groups in total. The summed E-state index contributed by atoms with van der Waals surface area (Å²) in [6.07, 6.45) is 1.01. The van der Waals surface area contributed by atoms with Crippen LogP contribution < -0.4 is 5.32 Å². The molecule has 0 heterocycles. The SMILES string of the molecule is CC(CC[SeH])NC(=O)CS. The van der Waals surface area contributed by atoms with E-state index in [0.29, 0.717) is 0 Å². The monoisotopic (exact) mass is 227 g/mol. The van der Waals surface area contributed by atoms with Crippen molar-refractivity contribution >= 4 is 34.5 Å². The van der Waals surface area contributed by atoms with Crippen LogP contribution in [0, 0.1) is 0 Å². The van der Waals surface area contributed by atoms with E-state index in [0.717, 1.165) is 11.7 Å². The van der Waals surface area contributed by atoms with Crippen LogP contribution in [0.1, 0.15) is 13.3 Å². The van der Waals surface area contributed by atoms with Gasteiger partial charge in [-0.15, -0.1) is 0 Å². The summed E-state index contributed by atoms with van der Waals surface area (Å²) >= 11 is 6.34. The molecule has 0 radical (unpaired) electrons. The summed E-state index contributed by atoms with van der Waals surface area (Å²) < 4.78 is 0. The summed E-state index contributed by atoms with van der Waals surface area (Å²) in [7, 11) is 0. The van der Waals surface area contributed by atoms with E-state index < -0.39 is 0 Å². The first-order valence-corrected chi connectivity index (χ1v) is 5.17. The van der Waals surface area contributed by atoms with Gasteiger partial charge in [0.1, 0.15) is 0 Å². The first kappa shape index (κ1) is 10.3. The normalized spacial score (nSPS) is 12.7. The van der Waals surface area contributed by atoms with Gasteiger partial charge in [0, 0.05) is 0 Å². The van der Waals surface area contributed by atoms with E-state index in [9.17, 15) is 4.79 Å². The molecule has 0 aliphatic carbocycles. The Bertz CT molecular complexity index is 110. The predicted molar refractivity (Wildman–Crippen MR) is 48.0 cm³/mol. The van der Waals surface area contributed by atoms with Gasteiger partial charge in [0.05, 0.1) is 0 Å². The maximum absolute atomic E-state index is 10.7. The molecule has 60 valence electrons. The minimum absolute atomic E-state index is 0.0109. The van der Waals surface area contributed by atoms with Gasteiger partial charge in [-0.3, -0.25) is 0 Å². The summed E-state index contributed by atoms with van der Waals surface area (Å²) in [5.41, 5.74) is 0. The molecule has 0 aliphatic rings. The molecule has 0 saturated carbocycles. The topological polar surface area (TPSA) is 29.1 Å². The molecule has 0 aromatic rings. The first-order chi connectivity index (χ1) is 4.70. The Morgan fingerprint density at radius 1 is 1.80 bits per heavy atom. The predicted octanol–water partition coefficient (Wildman–Crippen LogP) is 0.130. The van der Waals surface area contributed by atoms with Crippen LogP contribution >= 0.6 is 12.6 Å². The van der Waals surface area contributed by atoms with E-state index in [2.05, 4.69) is 34.0 Å². The van der Waals surface area contributed by atoms with Crippen LogP contribution in [0.15, 0.2) is 0 Å². The average molecular weight is 226 g/mol. The maximum atomic E-state index is 10.7. The number of amides is 1. The van der Waals surface area contributed by atoms with Crippen molar-refractivity contribution in [3.8, 4) is 0 Å². The van der Waals surface area contributed by atoms with Crippen molar-refractivity contribution in [3.63, 3.8) is 0 Å². The van der Waals surface area contributed by atoms with Gasteiger partial charge in [0.2, 0.25) is 0 Å². The van der Waals surface area contributed by atoms with Gasteiger partial charge >= 0.3 is 75.1 Å². The molecular formula is C6H13NOSSe. The van der Waals surface area contributed by atoms with Gasteiger partial charge in [-0.05, 0) is 0 Å². The van der Waals surface area contributed by atoms with Crippen LogP contribution in [0.5, 0.6) is 0 Å². The molecule has 0 saturated heterocycles. The van der Waals surface area contributed by atoms with Crippen molar-refractivity contribution in [1.82, 2.24) is 5.32 Å². The van der Waals surface area contributed by atoms with E-state index in [-0.39, 0.29) is 17.7 Å². The minimum atomic E-state index is 0.0109. The Morgan fingerprint density at radius 3 is 2.80 bits per heavy atom. The molecule has 2 nitrogen and oxygen atoms in total. The van der Waals surface area contributed by atoms with Crippen molar-refractivity contribution < 1.29 is 4.79 Å². The molecular weight excluding hydrogens is 213 g/mol. The number of hydrogen-bond acceptors (Lipinski definition) is 2. The van der Waals surface area contributed by atoms with Crippen LogP contribution in [-0.2, 0) is 4.79 Å². The van der Waals surface area contributed by atoms with Crippen molar-refractivity contribution in [1.29, 1.82) is 0 Å². The number of rotatable bonds is 4. The molecule has 4 heteroatoms. The summed E-state index contributed by atoms with van der Waals surface area (Å²) in [6.45, 7) is 1.99. The van der Waals surface area contributed by atoms with Crippen LogP contribution in [0.2, 0.25) is 5.32 Å². The van der Waals surface area contributed by atoms with Crippen molar-refractivity contribution in [2.45, 2.75) is 24.7 Å². The zero-order valence-corrected chi connectivity index (χ0v) is 8.77. The second-order valence-corrected chi connectivity index (χ2v) is 3.39. The van der Waals surface area contributed by atoms with Crippen LogP contribution in [0.3, 0.4) is 0 Å². The fourth-order valence-corrected chi connectivity index (χ4v) is 1.49. The standard InChI is InChI=1S/C6H13NOSSe/c1-5(2-3-10)7-6(8)4-9/h5,9-10H,2-4H2,1H3,(H,7,8). The Balaban J connectivity index is 3.37. The fourth-order valence-electron chi connectivity index (χ4n) is 0.586. The molecule has 0 aromatic heterocycles. The summed E-state index contributed by atoms with van der Waals surface area (Å²) in [6, 6.07) is 0.280. The Labute approximate surface area is 75.4 Å². The van der Waals surface area contributed by atoms with E-state index in [1.54, 1.807) is 0 Å².